The summed E-state index contributed by atoms with van der Waals surface area (Å²) in [4.78, 5) is 20.2. The Morgan fingerprint density at radius 1 is 1.19 bits per heavy atom. The second-order valence-corrected chi connectivity index (χ2v) is 8.85. The van der Waals surface area contributed by atoms with E-state index in [1.165, 1.54) is 6.07 Å². The summed E-state index contributed by atoms with van der Waals surface area (Å²) in [5.41, 5.74) is 10.7. The van der Waals surface area contributed by atoms with Gasteiger partial charge in [-0.05, 0) is 48.9 Å². The average Bonchev–Trinajstić information content (AvgIpc) is 3.46. The van der Waals surface area contributed by atoms with Crippen molar-refractivity contribution in [2.24, 2.45) is 11.7 Å². The van der Waals surface area contributed by atoms with Gasteiger partial charge >= 0.3 is 6.01 Å². The van der Waals surface area contributed by atoms with Crippen molar-refractivity contribution in [3.05, 3.63) is 47.4 Å². The Hall–Kier alpha value is -3.33. The normalized spacial score (nSPS) is 22.8. The van der Waals surface area contributed by atoms with E-state index in [0.717, 1.165) is 53.3 Å². The standard InChI is InChI=1S/C23H24FN7O/c1-11-27-8-14(9-28-11)32-23-29-19-7-15-16(5-13(24)6-18(15)26-2)21(19)22(30-23)31-10-12-3-17(25)20(31)4-12/h5-6,8-9,12,17,20,26H,3-4,7,10,25H2,1-2H3/t12?,17-,20?/m1/s1. The van der Waals surface area contributed by atoms with Gasteiger partial charge in [0, 0.05) is 43.3 Å². The Kier molecular flexibility index (Phi) is 4.29. The Morgan fingerprint density at radius 3 is 2.72 bits per heavy atom. The van der Waals surface area contributed by atoms with Crippen LogP contribution in [0.4, 0.5) is 15.9 Å². The smallest absolute Gasteiger partial charge is 0.324 e. The fourth-order valence-corrected chi connectivity index (χ4v) is 5.43. The van der Waals surface area contributed by atoms with E-state index in [0.29, 0.717) is 23.9 Å². The lowest BCUT2D eigenvalue weighted by Crippen LogP contribution is -2.46. The molecular formula is C23H24FN7O. The minimum absolute atomic E-state index is 0.107. The van der Waals surface area contributed by atoms with E-state index in [1.807, 2.05) is 6.92 Å². The first-order valence-corrected chi connectivity index (χ1v) is 10.9. The van der Waals surface area contributed by atoms with Crippen LogP contribution in [0.15, 0.2) is 24.5 Å². The summed E-state index contributed by atoms with van der Waals surface area (Å²) in [6, 6.07) is 3.66. The number of ether oxygens (including phenoxy) is 1. The summed E-state index contributed by atoms with van der Waals surface area (Å²) >= 11 is 0. The molecule has 3 aliphatic rings. The van der Waals surface area contributed by atoms with Crippen LogP contribution in [0.1, 0.15) is 29.9 Å². The maximum atomic E-state index is 14.5. The minimum atomic E-state index is -0.288. The molecule has 0 radical (unpaired) electrons. The molecule has 164 valence electrons. The minimum Gasteiger partial charge on any atom is -0.421 e. The summed E-state index contributed by atoms with van der Waals surface area (Å²) in [6.45, 7) is 2.70. The van der Waals surface area contributed by atoms with E-state index < -0.39 is 0 Å². The molecule has 2 aliphatic carbocycles. The van der Waals surface area contributed by atoms with Gasteiger partial charge in [-0.25, -0.2) is 14.4 Å². The van der Waals surface area contributed by atoms with E-state index in [4.69, 9.17) is 20.4 Å². The Morgan fingerprint density at radius 2 is 2.00 bits per heavy atom. The lowest BCUT2D eigenvalue weighted by Gasteiger charge is -2.33. The van der Waals surface area contributed by atoms with Gasteiger partial charge in [0.1, 0.15) is 17.5 Å². The van der Waals surface area contributed by atoms with Gasteiger partial charge in [-0.2, -0.15) is 9.97 Å². The van der Waals surface area contributed by atoms with Gasteiger partial charge in [0.25, 0.3) is 0 Å². The number of aryl methyl sites for hydroxylation is 1. The summed E-state index contributed by atoms with van der Waals surface area (Å²) in [7, 11) is 1.80. The maximum absolute atomic E-state index is 14.5. The largest absolute Gasteiger partial charge is 0.421 e. The predicted molar refractivity (Wildman–Crippen MR) is 118 cm³/mol. The highest BCUT2D eigenvalue weighted by molar-refractivity contribution is 5.88. The fraction of sp³-hybridized carbons (Fsp3) is 0.391. The summed E-state index contributed by atoms with van der Waals surface area (Å²) in [5, 5.41) is 3.12. The fourth-order valence-electron chi connectivity index (χ4n) is 5.43. The molecule has 2 bridgehead atoms. The molecule has 2 fully saturated rings. The molecule has 1 aliphatic heterocycles. The van der Waals surface area contributed by atoms with Crippen molar-refractivity contribution in [1.29, 1.82) is 0 Å². The number of nitrogens with two attached hydrogens (primary N) is 1. The number of rotatable bonds is 4. The van der Waals surface area contributed by atoms with Crippen molar-refractivity contribution >= 4 is 11.5 Å². The zero-order valence-corrected chi connectivity index (χ0v) is 18.0. The number of aromatic nitrogens is 4. The van der Waals surface area contributed by atoms with Gasteiger partial charge in [0.2, 0.25) is 0 Å². The second-order valence-electron chi connectivity index (χ2n) is 8.85. The molecule has 32 heavy (non-hydrogen) atoms. The van der Waals surface area contributed by atoms with Gasteiger partial charge in [0.05, 0.1) is 18.1 Å². The first-order valence-electron chi connectivity index (χ1n) is 10.9. The summed E-state index contributed by atoms with van der Waals surface area (Å²) in [5.74, 6) is 2.16. The molecule has 1 saturated carbocycles. The highest BCUT2D eigenvalue weighted by Crippen LogP contribution is 2.48. The number of nitrogens with one attached hydrogen (secondary N) is 1. The molecular weight excluding hydrogens is 409 g/mol. The van der Waals surface area contributed by atoms with Crippen LogP contribution < -0.4 is 20.7 Å². The van der Waals surface area contributed by atoms with Crippen LogP contribution in [-0.2, 0) is 6.42 Å². The molecule has 2 unspecified atom stereocenters. The van der Waals surface area contributed by atoms with E-state index in [1.54, 1.807) is 25.5 Å². The molecule has 2 aromatic heterocycles. The van der Waals surface area contributed by atoms with Crippen molar-refractivity contribution in [3.8, 4) is 22.9 Å². The summed E-state index contributed by atoms with van der Waals surface area (Å²) < 4.78 is 20.4. The average molecular weight is 433 g/mol. The number of benzene rings is 1. The van der Waals surface area contributed by atoms with Crippen LogP contribution >= 0.6 is 0 Å². The first kappa shape index (κ1) is 19.4. The molecule has 0 spiro atoms. The second kappa shape index (κ2) is 7.09. The van der Waals surface area contributed by atoms with E-state index in [-0.39, 0.29) is 23.9 Å². The third-order valence-electron chi connectivity index (χ3n) is 6.81. The Bertz CT molecular complexity index is 1220. The first-order chi connectivity index (χ1) is 15.5. The molecule has 3 N–H and O–H groups in total. The zero-order valence-electron chi connectivity index (χ0n) is 18.0. The van der Waals surface area contributed by atoms with Crippen LogP contribution in [0.5, 0.6) is 11.8 Å². The number of nitrogens with zero attached hydrogens (tertiary/aromatic N) is 5. The topological polar surface area (TPSA) is 102 Å². The highest BCUT2D eigenvalue weighted by Gasteiger charge is 2.45. The van der Waals surface area contributed by atoms with Crippen LogP contribution in [0.3, 0.4) is 0 Å². The molecule has 8 nitrogen and oxygen atoms in total. The van der Waals surface area contributed by atoms with Gasteiger partial charge in [0.15, 0.2) is 5.75 Å². The van der Waals surface area contributed by atoms with Crippen molar-refractivity contribution in [1.82, 2.24) is 19.9 Å². The number of halogens is 1. The molecule has 3 atom stereocenters. The van der Waals surface area contributed by atoms with E-state index >= 15 is 0 Å². The lowest BCUT2D eigenvalue weighted by molar-refractivity contribution is 0.432. The van der Waals surface area contributed by atoms with E-state index in [2.05, 4.69) is 20.2 Å². The quantitative estimate of drug-likeness (QED) is 0.506. The third kappa shape index (κ3) is 2.99. The lowest BCUT2D eigenvalue weighted by atomic mass is 10.0. The number of hydrogen-bond donors (Lipinski definition) is 2. The van der Waals surface area contributed by atoms with Crippen molar-refractivity contribution < 1.29 is 9.13 Å². The molecule has 9 heteroatoms. The predicted octanol–water partition coefficient (Wildman–Crippen LogP) is 3.05. The molecule has 3 aromatic rings. The van der Waals surface area contributed by atoms with Gasteiger partial charge in [-0.3, -0.25) is 0 Å². The summed E-state index contributed by atoms with van der Waals surface area (Å²) in [6.07, 6.45) is 5.88. The third-order valence-corrected chi connectivity index (χ3v) is 6.81. The monoisotopic (exact) mass is 433 g/mol. The van der Waals surface area contributed by atoms with Crippen LogP contribution in [0, 0.1) is 18.7 Å². The number of fused-ring (bicyclic) bond motifs is 5. The molecule has 1 aromatic carbocycles. The highest BCUT2D eigenvalue weighted by atomic mass is 19.1. The van der Waals surface area contributed by atoms with Gasteiger partial charge in [-0.1, -0.05) is 0 Å². The molecule has 1 saturated heterocycles. The molecule has 0 amide bonds. The van der Waals surface area contributed by atoms with Crippen molar-refractivity contribution in [3.63, 3.8) is 0 Å². The molecule has 6 rings (SSSR count). The van der Waals surface area contributed by atoms with Crippen LogP contribution in [0.2, 0.25) is 0 Å². The SMILES string of the molecule is CNc1cc(F)cc2c1Cc1nc(Oc3cnc(C)nc3)nc(N3CC4CC3[C@H](N)C4)c1-2. The number of hydrogen-bond acceptors (Lipinski definition) is 8. The van der Waals surface area contributed by atoms with Gasteiger partial charge in [-0.15, -0.1) is 0 Å². The van der Waals surface area contributed by atoms with Crippen molar-refractivity contribution in [2.75, 3.05) is 23.8 Å². The Balaban J connectivity index is 1.49. The Labute approximate surface area is 185 Å². The van der Waals surface area contributed by atoms with E-state index in [9.17, 15) is 4.39 Å². The number of piperidine rings is 1. The number of anilines is 2. The maximum Gasteiger partial charge on any atom is 0.324 e. The van der Waals surface area contributed by atoms with Gasteiger partial charge < -0.3 is 20.7 Å². The van der Waals surface area contributed by atoms with Crippen LogP contribution in [0.25, 0.3) is 11.1 Å². The van der Waals surface area contributed by atoms with Crippen molar-refractivity contribution in [2.45, 2.75) is 38.3 Å². The molecule has 3 heterocycles. The zero-order chi connectivity index (χ0) is 22.0. The van der Waals surface area contributed by atoms with Crippen LogP contribution in [-0.4, -0.2) is 45.6 Å².